The van der Waals surface area contributed by atoms with Gasteiger partial charge >= 0.3 is 0 Å². The molecule has 2 heteroatoms. The molecule has 0 aromatic rings. The standard InChI is InChI=1S/C6H12N2/c1-5(2)6-3-4-7-8-6/h3,5,7-8H,4H2,1-2H3. The molecule has 0 radical (unpaired) electrons. The van der Waals surface area contributed by atoms with E-state index in [0.29, 0.717) is 5.92 Å². The van der Waals surface area contributed by atoms with E-state index in [0.717, 1.165) is 6.54 Å². The Kier molecular flexibility index (Phi) is 1.53. The molecule has 2 nitrogen and oxygen atoms in total. The molecule has 1 rings (SSSR count). The molecular formula is C6H12N2. The van der Waals surface area contributed by atoms with Crippen LogP contribution in [0.15, 0.2) is 11.8 Å². The second kappa shape index (κ2) is 2.18. The Morgan fingerprint density at radius 3 is 2.62 bits per heavy atom. The van der Waals surface area contributed by atoms with E-state index >= 15 is 0 Å². The van der Waals surface area contributed by atoms with Gasteiger partial charge in [0.25, 0.3) is 0 Å². The van der Waals surface area contributed by atoms with Crippen LogP contribution in [0.4, 0.5) is 0 Å². The normalized spacial score (nSPS) is 18.6. The summed E-state index contributed by atoms with van der Waals surface area (Å²) in [6.45, 7) is 5.31. The number of hydrogen-bond acceptors (Lipinski definition) is 2. The number of hydrogen-bond donors (Lipinski definition) is 2. The summed E-state index contributed by atoms with van der Waals surface area (Å²) in [5.74, 6) is 0.630. The molecule has 1 aliphatic rings. The molecule has 0 aromatic heterocycles. The number of rotatable bonds is 1. The average molecular weight is 112 g/mol. The van der Waals surface area contributed by atoms with Crippen molar-refractivity contribution in [3.63, 3.8) is 0 Å². The van der Waals surface area contributed by atoms with Crippen molar-refractivity contribution in [2.75, 3.05) is 6.54 Å². The Hall–Kier alpha value is -0.500. The molecule has 0 bridgehead atoms. The Balaban J connectivity index is 2.45. The summed E-state index contributed by atoms with van der Waals surface area (Å²) >= 11 is 0. The smallest absolute Gasteiger partial charge is 0.0348 e. The SMILES string of the molecule is CC(C)C1=CCNN1. The molecular weight excluding hydrogens is 100 g/mol. The molecule has 0 aromatic carbocycles. The molecule has 1 aliphatic heterocycles. The molecule has 0 unspecified atom stereocenters. The monoisotopic (exact) mass is 112 g/mol. The molecule has 0 aliphatic carbocycles. The van der Waals surface area contributed by atoms with Gasteiger partial charge in [-0.05, 0) is 12.0 Å². The van der Waals surface area contributed by atoms with E-state index in [-0.39, 0.29) is 0 Å². The van der Waals surface area contributed by atoms with Crippen molar-refractivity contribution in [1.29, 1.82) is 0 Å². The number of allylic oxidation sites excluding steroid dienone is 1. The lowest BCUT2D eigenvalue weighted by Crippen LogP contribution is -2.25. The predicted molar refractivity (Wildman–Crippen MR) is 34.1 cm³/mol. The minimum absolute atomic E-state index is 0.630. The van der Waals surface area contributed by atoms with Gasteiger partial charge in [-0.3, -0.25) is 0 Å². The zero-order valence-corrected chi connectivity index (χ0v) is 5.36. The molecule has 8 heavy (non-hydrogen) atoms. The third-order valence-electron chi connectivity index (χ3n) is 1.28. The van der Waals surface area contributed by atoms with Gasteiger partial charge < -0.3 is 5.43 Å². The molecule has 46 valence electrons. The molecule has 0 saturated heterocycles. The molecule has 1 heterocycles. The molecule has 0 atom stereocenters. The van der Waals surface area contributed by atoms with Crippen molar-refractivity contribution in [3.8, 4) is 0 Å². The van der Waals surface area contributed by atoms with Crippen molar-refractivity contribution in [3.05, 3.63) is 11.8 Å². The van der Waals surface area contributed by atoms with Crippen LogP contribution in [0.5, 0.6) is 0 Å². The van der Waals surface area contributed by atoms with Crippen molar-refractivity contribution in [2.24, 2.45) is 5.92 Å². The third-order valence-corrected chi connectivity index (χ3v) is 1.28. The highest BCUT2D eigenvalue weighted by Gasteiger charge is 2.04. The Morgan fingerprint density at radius 1 is 1.62 bits per heavy atom. The van der Waals surface area contributed by atoms with Crippen LogP contribution in [-0.4, -0.2) is 6.54 Å². The van der Waals surface area contributed by atoms with Crippen LogP contribution in [0, 0.1) is 5.92 Å². The fraction of sp³-hybridized carbons (Fsp3) is 0.667. The van der Waals surface area contributed by atoms with Crippen LogP contribution in [0.1, 0.15) is 13.8 Å². The minimum atomic E-state index is 0.630. The van der Waals surface area contributed by atoms with E-state index in [1.54, 1.807) is 0 Å². The lowest BCUT2D eigenvalue weighted by Gasteiger charge is -2.05. The quantitative estimate of drug-likeness (QED) is 0.520. The maximum atomic E-state index is 3.07. The summed E-state index contributed by atoms with van der Waals surface area (Å²) in [5.41, 5.74) is 7.39. The van der Waals surface area contributed by atoms with E-state index in [1.807, 2.05) is 0 Å². The van der Waals surface area contributed by atoms with E-state index in [2.05, 4.69) is 30.8 Å². The highest BCUT2D eigenvalue weighted by molar-refractivity contribution is 5.06. The van der Waals surface area contributed by atoms with Crippen molar-refractivity contribution < 1.29 is 0 Å². The maximum Gasteiger partial charge on any atom is 0.0348 e. The van der Waals surface area contributed by atoms with Gasteiger partial charge in [0.2, 0.25) is 0 Å². The molecule has 0 spiro atoms. The fourth-order valence-corrected chi connectivity index (χ4v) is 0.745. The molecule has 2 N–H and O–H groups in total. The van der Waals surface area contributed by atoms with E-state index in [9.17, 15) is 0 Å². The Morgan fingerprint density at radius 2 is 2.38 bits per heavy atom. The second-order valence-corrected chi connectivity index (χ2v) is 2.32. The van der Waals surface area contributed by atoms with Gasteiger partial charge in [0.15, 0.2) is 0 Å². The van der Waals surface area contributed by atoms with Crippen LogP contribution in [0.25, 0.3) is 0 Å². The summed E-state index contributed by atoms with van der Waals surface area (Å²) in [4.78, 5) is 0. The van der Waals surface area contributed by atoms with E-state index in [4.69, 9.17) is 0 Å². The van der Waals surface area contributed by atoms with Gasteiger partial charge in [0.1, 0.15) is 0 Å². The average Bonchev–Trinajstić information content (AvgIpc) is 2.12. The highest BCUT2D eigenvalue weighted by Crippen LogP contribution is 2.05. The minimum Gasteiger partial charge on any atom is -0.325 e. The summed E-state index contributed by atoms with van der Waals surface area (Å²) in [6, 6.07) is 0. The Bertz CT molecular complexity index is 105. The van der Waals surface area contributed by atoms with Crippen molar-refractivity contribution >= 4 is 0 Å². The van der Waals surface area contributed by atoms with Crippen LogP contribution < -0.4 is 10.9 Å². The Labute approximate surface area is 49.9 Å². The lowest BCUT2D eigenvalue weighted by molar-refractivity contribution is 0.618. The van der Waals surface area contributed by atoms with Gasteiger partial charge in [-0.1, -0.05) is 13.8 Å². The topological polar surface area (TPSA) is 24.1 Å². The summed E-state index contributed by atoms with van der Waals surface area (Å²) < 4.78 is 0. The van der Waals surface area contributed by atoms with Crippen LogP contribution in [0.3, 0.4) is 0 Å². The fourth-order valence-electron chi connectivity index (χ4n) is 0.745. The van der Waals surface area contributed by atoms with Crippen LogP contribution in [-0.2, 0) is 0 Å². The first-order chi connectivity index (χ1) is 3.80. The second-order valence-electron chi connectivity index (χ2n) is 2.32. The number of nitrogens with one attached hydrogen (secondary N) is 2. The van der Waals surface area contributed by atoms with Gasteiger partial charge in [-0.15, -0.1) is 0 Å². The first-order valence-corrected chi connectivity index (χ1v) is 2.99. The largest absolute Gasteiger partial charge is 0.325 e. The van der Waals surface area contributed by atoms with E-state index in [1.165, 1.54) is 5.70 Å². The maximum absolute atomic E-state index is 3.07. The third kappa shape index (κ3) is 1.01. The predicted octanol–water partition coefficient (Wildman–Crippen LogP) is 0.634. The number of hydrazine groups is 1. The summed E-state index contributed by atoms with van der Waals surface area (Å²) in [7, 11) is 0. The van der Waals surface area contributed by atoms with Gasteiger partial charge in [0, 0.05) is 12.2 Å². The van der Waals surface area contributed by atoms with Crippen molar-refractivity contribution in [1.82, 2.24) is 10.9 Å². The zero-order valence-electron chi connectivity index (χ0n) is 5.36. The highest BCUT2D eigenvalue weighted by atomic mass is 15.4. The van der Waals surface area contributed by atoms with Crippen LogP contribution >= 0.6 is 0 Å². The summed E-state index contributed by atoms with van der Waals surface area (Å²) in [6.07, 6.45) is 2.17. The first-order valence-electron chi connectivity index (χ1n) is 2.99. The lowest BCUT2D eigenvalue weighted by atomic mass is 10.1. The van der Waals surface area contributed by atoms with Crippen LogP contribution in [0.2, 0.25) is 0 Å². The van der Waals surface area contributed by atoms with E-state index < -0.39 is 0 Å². The molecule has 0 fully saturated rings. The van der Waals surface area contributed by atoms with Crippen molar-refractivity contribution in [2.45, 2.75) is 13.8 Å². The first kappa shape index (κ1) is 5.63. The van der Waals surface area contributed by atoms with Gasteiger partial charge in [-0.25, -0.2) is 5.43 Å². The zero-order chi connectivity index (χ0) is 5.98. The molecule has 0 amide bonds. The van der Waals surface area contributed by atoms with Gasteiger partial charge in [-0.2, -0.15) is 0 Å². The van der Waals surface area contributed by atoms with Gasteiger partial charge in [0.05, 0.1) is 0 Å². The summed E-state index contributed by atoms with van der Waals surface area (Å²) in [5, 5.41) is 0. The molecule has 0 saturated carbocycles.